The molecule has 0 spiro atoms. The minimum absolute atomic E-state index is 0.0281. The number of hydrogen-bond acceptors (Lipinski definition) is 6. The number of ether oxygens (including phenoxy) is 1. The van der Waals surface area contributed by atoms with Crippen LogP contribution in [0.1, 0.15) is 23.2 Å². The van der Waals surface area contributed by atoms with Gasteiger partial charge in [0.1, 0.15) is 11.5 Å². The molecule has 2 heterocycles. The SMILES string of the molecule is CN1CCN(C2CCN(C(=O)c3cc(Cl)ccc3NS(=O)(=O)c3ccc(Oc4ccccc4Cl)cc3)CC2)CC1. The summed E-state index contributed by atoms with van der Waals surface area (Å²) in [4.78, 5) is 20.2. The molecule has 0 saturated carbocycles. The van der Waals surface area contributed by atoms with Crippen molar-refractivity contribution in [2.75, 3.05) is 51.0 Å². The Morgan fingerprint density at radius 2 is 1.57 bits per heavy atom. The van der Waals surface area contributed by atoms with E-state index in [2.05, 4.69) is 21.6 Å². The molecule has 8 nitrogen and oxygen atoms in total. The Bertz CT molecular complexity index is 1450. The van der Waals surface area contributed by atoms with Crippen LogP contribution in [0.25, 0.3) is 0 Å². The van der Waals surface area contributed by atoms with Crippen LogP contribution >= 0.6 is 23.2 Å². The number of amides is 1. The first-order valence-electron chi connectivity index (χ1n) is 13.3. The van der Waals surface area contributed by atoms with Crippen molar-refractivity contribution in [2.45, 2.75) is 23.8 Å². The number of carbonyl (C=O) groups excluding carboxylic acids is 1. The molecule has 2 aliphatic rings. The zero-order valence-electron chi connectivity index (χ0n) is 22.2. The molecule has 0 aliphatic carbocycles. The summed E-state index contributed by atoms with van der Waals surface area (Å²) < 4.78 is 34.9. The van der Waals surface area contributed by atoms with Crippen molar-refractivity contribution in [3.63, 3.8) is 0 Å². The van der Waals surface area contributed by atoms with E-state index in [0.29, 0.717) is 40.7 Å². The Morgan fingerprint density at radius 1 is 0.900 bits per heavy atom. The molecule has 1 amide bonds. The van der Waals surface area contributed by atoms with Gasteiger partial charge in [0.05, 0.1) is 21.2 Å². The summed E-state index contributed by atoms with van der Waals surface area (Å²) in [5.41, 5.74) is 0.416. The van der Waals surface area contributed by atoms with E-state index in [1.165, 1.54) is 24.3 Å². The second-order valence-corrected chi connectivity index (χ2v) is 12.7. The fourth-order valence-electron chi connectivity index (χ4n) is 5.12. The van der Waals surface area contributed by atoms with E-state index in [4.69, 9.17) is 27.9 Å². The van der Waals surface area contributed by atoms with Crippen molar-refractivity contribution < 1.29 is 17.9 Å². The molecule has 2 fully saturated rings. The van der Waals surface area contributed by atoms with Gasteiger partial charge in [0, 0.05) is 50.3 Å². The third-order valence-electron chi connectivity index (χ3n) is 7.46. The molecule has 2 saturated heterocycles. The highest BCUT2D eigenvalue weighted by atomic mass is 35.5. The quantitative estimate of drug-likeness (QED) is 0.388. The molecule has 0 atom stereocenters. The Hall–Kier alpha value is -2.82. The first kappa shape index (κ1) is 28.7. The Labute approximate surface area is 245 Å². The second-order valence-electron chi connectivity index (χ2n) is 10.2. The predicted octanol–water partition coefficient (Wildman–Crippen LogP) is 5.44. The maximum Gasteiger partial charge on any atom is 0.261 e. The van der Waals surface area contributed by atoms with Crippen LogP contribution in [0.2, 0.25) is 10.0 Å². The van der Waals surface area contributed by atoms with Crippen molar-refractivity contribution in [1.29, 1.82) is 0 Å². The summed E-state index contributed by atoms with van der Waals surface area (Å²) in [7, 11) is -1.85. The normalized spacial score (nSPS) is 17.5. The molecule has 0 aromatic heterocycles. The Morgan fingerprint density at radius 3 is 2.25 bits per heavy atom. The number of nitrogens with one attached hydrogen (secondary N) is 1. The number of sulfonamides is 1. The number of para-hydroxylation sites is 1. The summed E-state index contributed by atoms with van der Waals surface area (Å²) in [5, 5.41) is 0.809. The summed E-state index contributed by atoms with van der Waals surface area (Å²) in [6.45, 7) is 5.43. The minimum atomic E-state index is -3.99. The number of piperazine rings is 1. The number of likely N-dealkylation sites (tertiary alicyclic amines) is 1. The van der Waals surface area contributed by atoms with Gasteiger partial charge in [-0.25, -0.2) is 8.42 Å². The van der Waals surface area contributed by atoms with Crippen LogP contribution in [0.15, 0.2) is 71.6 Å². The van der Waals surface area contributed by atoms with Gasteiger partial charge in [-0.2, -0.15) is 0 Å². The molecular weight excluding hydrogens is 571 g/mol. The lowest BCUT2D eigenvalue weighted by Crippen LogP contribution is -2.53. The third kappa shape index (κ3) is 6.72. The molecule has 2 aliphatic heterocycles. The van der Waals surface area contributed by atoms with Crippen molar-refractivity contribution in [2.24, 2.45) is 0 Å². The van der Waals surface area contributed by atoms with Gasteiger partial charge in [-0.3, -0.25) is 14.4 Å². The van der Waals surface area contributed by atoms with E-state index < -0.39 is 10.0 Å². The fraction of sp³-hybridized carbons (Fsp3) is 0.345. The van der Waals surface area contributed by atoms with Gasteiger partial charge in [-0.05, 0) is 74.5 Å². The summed E-state index contributed by atoms with van der Waals surface area (Å²) in [6.07, 6.45) is 1.78. The zero-order valence-corrected chi connectivity index (χ0v) is 24.6. The van der Waals surface area contributed by atoms with E-state index in [1.54, 1.807) is 47.4 Å². The van der Waals surface area contributed by atoms with Gasteiger partial charge in [0.25, 0.3) is 15.9 Å². The molecular formula is C29H32Cl2N4O4S. The lowest BCUT2D eigenvalue weighted by atomic mass is 10.0. The third-order valence-corrected chi connectivity index (χ3v) is 9.39. The topological polar surface area (TPSA) is 82.2 Å². The predicted molar refractivity (Wildman–Crippen MR) is 158 cm³/mol. The molecule has 0 bridgehead atoms. The summed E-state index contributed by atoms with van der Waals surface area (Å²) >= 11 is 12.4. The van der Waals surface area contributed by atoms with Gasteiger partial charge < -0.3 is 14.5 Å². The number of rotatable bonds is 7. The number of hydrogen-bond donors (Lipinski definition) is 1. The van der Waals surface area contributed by atoms with Gasteiger partial charge in [0.15, 0.2) is 0 Å². The van der Waals surface area contributed by atoms with Crippen LogP contribution in [0, 0.1) is 0 Å². The largest absolute Gasteiger partial charge is 0.456 e. The molecule has 11 heteroatoms. The van der Waals surface area contributed by atoms with Crippen LogP contribution in [-0.4, -0.2) is 81.4 Å². The van der Waals surface area contributed by atoms with E-state index in [1.807, 2.05) is 0 Å². The van der Waals surface area contributed by atoms with Crippen molar-refractivity contribution >= 4 is 44.8 Å². The lowest BCUT2D eigenvalue weighted by molar-refractivity contribution is 0.0519. The summed E-state index contributed by atoms with van der Waals surface area (Å²) in [5.74, 6) is 0.671. The number of benzene rings is 3. The van der Waals surface area contributed by atoms with Crippen LogP contribution in [0.5, 0.6) is 11.5 Å². The molecule has 212 valence electrons. The van der Waals surface area contributed by atoms with Crippen LogP contribution in [0.4, 0.5) is 5.69 Å². The lowest BCUT2D eigenvalue weighted by Gasteiger charge is -2.42. The van der Waals surface area contributed by atoms with Gasteiger partial charge >= 0.3 is 0 Å². The molecule has 0 unspecified atom stereocenters. The van der Waals surface area contributed by atoms with Gasteiger partial charge in [0.2, 0.25) is 0 Å². The van der Waals surface area contributed by atoms with Gasteiger partial charge in [-0.15, -0.1) is 0 Å². The van der Waals surface area contributed by atoms with E-state index >= 15 is 0 Å². The molecule has 1 N–H and O–H groups in total. The Balaban J connectivity index is 1.27. The molecule has 3 aromatic carbocycles. The zero-order chi connectivity index (χ0) is 28.3. The van der Waals surface area contributed by atoms with Gasteiger partial charge in [-0.1, -0.05) is 35.3 Å². The maximum atomic E-state index is 13.6. The first-order chi connectivity index (χ1) is 19.2. The minimum Gasteiger partial charge on any atom is -0.456 e. The highest BCUT2D eigenvalue weighted by Crippen LogP contribution is 2.31. The van der Waals surface area contributed by atoms with Crippen molar-refractivity contribution in [3.8, 4) is 11.5 Å². The van der Waals surface area contributed by atoms with E-state index in [0.717, 1.165) is 39.0 Å². The highest BCUT2D eigenvalue weighted by molar-refractivity contribution is 7.92. The van der Waals surface area contributed by atoms with E-state index in [9.17, 15) is 13.2 Å². The number of halogens is 2. The van der Waals surface area contributed by atoms with Crippen LogP contribution in [-0.2, 0) is 10.0 Å². The molecule has 40 heavy (non-hydrogen) atoms. The van der Waals surface area contributed by atoms with Crippen molar-refractivity contribution in [1.82, 2.24) is 14.7 Å². The van der Waals surface area contributed by atoms with Crippen LogP contribution < -0.4 is 9.46 Å². The monoisotopic (exact) mass is 602 g/mol. The average molecular weight is 604 g/mol. The molecule has 3 aromatic rings. The standard InChI is InChI=1S/C29H32Cl2N4O4S/c1-33-16-18-34(19-17-33)22-12-14-35(15-13-22)29(36)25-20-21(30)6-11-27(25)32-40(37,38)24-9-7-23(8-10-24)39-28-5-3-2-4-26(28)31/h2-11,20,22,32H,12-19H2,1H3. The highest BCUT2D eigenvalue weighted by Gasteiger charge is 2.30. The summed E-state index contributed by atoms with van der Waals surface area (Å²) in [6, 6.07) is 18.1. The molecule has 5 rings (SSSR count). The van der Waals surface area contributed by atoms with Crippen molar-refractivity contribution in [3.05, 3.63) is 82.3 Å². The number of likely N-dealkylation sites (N-methyl/N-ethyl adjacent to an activating group) is 1. The maximum absolute atomic E-state index is 13.6. The van der Waals surface area contributed by atoms with Crippen LogP contribution in [0.3, 0.4) is 0 Å². The van der Waals surface area contributed by atoms with E-state index in [-0.39, 0.29) is 22.1 Å². The fourth-order valence-corrected chi connectivity index (χ4v) is 6.55. The first-order valence-corrected chi connectivity index (χ1v) is 15.5. The smallest absolute Gasteiger partial charge is 0.261 e. The number of piperidine rings is 1. The second kappa shape index (κ2) is 12.4. The average Bonchev–Trinajstić information content (AvgIpc) is 2.95. The number of anilines is 1. The molecule has 0 radical (unpaired) electrons. The number of nitrogens with zero attached hydrogens (tertiary/aromatic N) is 3. The number of carbonyl (C=O) groups is 1. The Kier molecular flexibility index (Phi) is 8.87.